The number of carbonyl (C=O) groups is 1. The van der Waals surface area contributed by atoms with Crippen molar-refractivity contribution in [1.29, 1.82) is 0 Å². The monoisotopic (exact) mass is 438 g/mol. The molecule has 0 unspecified atom stereocenters. The average molecular weight is 438 g/mol. The van der Waals surface area contributed by atoms with Gasteiger partial charge in [0.1, 0.15) is 11.5 Å². The minimum Gasteiger partial charge on any atom is -0.438 e. The summed E-state index contributed by atoms with van der Waals surface area (Å²) in [5, 5.41) is 17.3. The van der Waals surface area contributed by atoms with Gasteiger partial charge in [-0.05, 0) is 48.5 Å². The first kappa shape index (κ1) is 20.7. The molecule has 0 saturated carbocycles. The van der Waals surface area contributed by atoms with Gasteiger partial charge < -0.3 is 20.1 Å². The van der Waals surface area contributed by atoms with E-state index in [1.165, 1.54) is 18.2 Å². The predicted octanol–water partition coefficient (Wildman–Crippen LogP) is 4.70. The molecule has 2 N–H and O–H groups in total. The Morgan fingerprint density at radius 2 is 1.72 bits per heavy atom. The third kappa shape index (κ3) is 5.53. The highest BCUT2D eigenvalue weighted by Crippen LogP contribution is 2.22. The van der Waals surface area contributed by atoms with Crippen LogP contribution in [-0.2, 0) is 0 Å². The lowest BCUT2D eigenvalue weighted by Crippen LogP contribution is -2.19. The fraction of sp³-hybridized carbons (Fsp3) is 0.0476. The topological polar surface area (TPSA) is 103 Å². The highest BCUT2D eigenvalue weighted by Gasteiger charge is 2.08. The van der Waals surface area contributed by atoms with Gasteiger partial charge in [0.05, 0.1) is 0 Å². The van der Waals surface area contributed by atoms with Gasteiger partial charge in [0.15, 0.2) is 5.82 Å². The van der Waals surface area contributed by atoms with Gasteiger partial charge in [-0.2, -0.15) is 13.9 Å². The van der Waals surface area contributed by atoms with Gasteiger partial charge in [0, 0.05) is 35.9 Å². The zero-order valence-electron chi connectivity index (χ0n) is 16.4. The van der Waals surface area contributed by atoms with Crippen molar-refractivity contribution in [1.82, 2.24) is 20.0 Å². The van der Waals surface area contributed by atoms with Crippen molar-refractivity contribution in [2.75, 3.05) is 10.6 Å². The molecule has 0 spiro atoms. The van der Waals surface area contributed by atoms with E-state index >= 15 is 0 Å². The minimum atomic E-state index is -2.94. The van der Waals surface area contributed by atoms with E-state index < -0.39 is 12.6 Å². The molecule has 0 fully saturated rings. The van der Waals surface area contributed by atoms with Gasteiger partial charge in [-0.25, -0.2) is 9.48 Å². The number of hydrogen-bond acceptors (Lipinski definition) is 6. The maximum Gasteiger partial charge on any atom is 0.387 e. The number of ether oxygens (including phenoxy) is 2. The SMILES string of the molecule is O=C(Nc1ccc(Oc2ccc(-n3cccn3)nn2)cc1)Nc1cccc(OC(F)F)c1. The highest BCUT2D eigenvalue weighted by molar-refractivity contribution is 5.99. The first-order chi connectivity index (χ1) is 15.5. The first-order valence-corrected chi connectivity index (χ1v) is 9.30. The number of urea groups is 1. The third-order valence-corrected chi connectivity index (χ3v) is 4.02. The summed E-state index contributed by atoms with van der Waals surface area (Å²) in [5.41, 5.74) is 0.799. The second-order valence-corrected chi connectivity index (χ2v) is 6.29. The molecule has 11 heteroatoms. The molecule has 2 amide bonds. The predicted molar refractivity (Wildman–Crippen MR) is 111 cm³/mol. The molecule has 162 valence electrons. The molecule has 0 aliphatic carbocycles. The molecule has 32 heavy (non-hydrogen) atoms. The Bertz CT molecular complexity index is 1170. The van der Waals surface area contributed by atoms with Crippen molar-refractivity contribution < 1.29 is 23.0 Å². The van der Waals surface area contributed by atoms with Gasteiger partial charge in [-0.15, -0.1) is 10.2 Å². The smallest absolute Gasteiger partial charge is 0.387 e. The van der Waals surface area contributed by atoms with E-state index in [4.69, 9.17) is 4.74 Å². The molecular weight excluding hydrogens is 422 g/mol. The Balaban J connectivity index is 1.32. The molecule has 2 heterocycles. The quantitative estimate of drug-likeness (QED) is 0.434. The van der Waals surface area contributed by atoms with E-state index in [-0.39, 0.29) is 5.75 Å². The van der Waals surface area contributed by atoms with Crippen LogP contribution in [0.1, 0.15) is 0 Å². The van der Waals surface area contributed by atoms with Crippen LogP contribution < -0.4 is 20.1 Å². The van der Waals surface area contributed by atoms with Gasteiger partial charge in [-0.1, -0.05) is 6.07 Å². The van der Waals surface area contributed by atoms with Crippen LogP contribution in [0.25, 0.3) is 5.82 Å². The van der Waals surface area contributed by atoms with Crippen molar-refractivity contribution in [2.24, 2.45) is 0 Å². The standard InChI is InChI=1S/C21H16F2N6O3/c22-20(23)32-17-4-1-3-15(13-17)26-21(30)25-14-5-7-16(8-6-14)31-19-10-9-18(27-28-19)29-12-2-11-24-29/h1-13,20H,(H2,25,26,30). The molecule has 0 saturated heterocycles. The normalized spacial score (nSPS) is 10.6. The number of benzene rings is 2. The Hall–Kier alpha value is -4.54. The fourth-order valence-corrected chi connectivity index (χ4v) is 2.66. The number of nitrogens with zero attached hydrogens (tertiary/aromatic N) is 4. The van der Waals surface area contributed by atoms with E-state index in [1.54, 1.807) is 65.6 Å². The lowest BCUT2D eigenvalue weighted by molar-refractivity contribution is -0.0498. The van der Waals surface area contributed by atoms with Crippen LogP contribution in [0.2, 0.25) is 0 Å². The minimum absolute atomic E-state index is 0.0555. The Morgan fingerprint density at radius 1 is 0.906 bits per heavy atom. The average Bonchev–Trinajstić information content (AvgIpc) is 3.30. The van der Waals surface area contributed by atoms with Gasteiger partial charge in [0.25, 0.3) is 0 Å². The van der Waals surface area contributed by atoms with Crippen molar-refractivity contribution in [2.45, 2.75) is 6.61 Å². The zero-order chi connectivity index (χ0) is 22.3. The van der Waals surface area contributed by atoms with E-state index in [2.05, 4.69) is 30.7 Å². The van der Waals surface area contributed by atoms with Crippen molar-refractivity contribution >= 4 is 17.4 Å². The molecule has 0 aliphatic heterocycles. The number of halogens is 2. The number of alkyl halides is 2. The van der Waals surface area contributed by atoms with Gasteiger partial charge in [-0.3, -0.25) is 0 Å². The lowest BCUT2D eigenvalue weighted by atomic mass is 10.3. The summed E-state index contributed by atoms with van der Waals surface area (Å²) in [4.78, 5) is 12.2. The number of hydrogen-bond donors (Lipinski definition) is 2. The van der Waals surface area contributed by atoms with Crippen LogP contribution in [0.15, 0.2) is 79.1 Å². The molecule has 0 aliphatic rings. The Morgan fingerprint density at radius 3 is 2.41 bits per heavy atom. The lowest BCUT2D eigenvalue weighted by Gasteiger charge is -2.10. The van der Waals surface area contributed by atoms with E-state index in [9.17, 15) is 13.6 Å². The van der Waals surface area contributed by atoms with Crippen LogP contribution >= 0.6 is 0 Å². The van der Waals surface area contributed by atoms with Crippen LogP contribution in [0.5, 0.6) is 17.4 Å². The fourth-order valence-electron chi connectivity index (χ4n) is 2.66. The second kappa shape index (κ2) is 9.51. The number of anilines is 2. The third-order valence-electron chi connectivity index (χ3n) is 4.02. The summed E-state index contributed by atoms with van der Waals surface area (Å²) in [6, 6.07) is 16.9. The Kier molecular flexibility index (Phi) is 6.16. The molecule has 4 aromatic rings. The number of aromatic nitrogens is 4. The van der Waals surface area contributed by atoms with E-state index in [1.807, 2.05) is 0 Å². The molecular formula is C21H16F2N6O3. The Labute approximate surface area is 180 Å². The summed E-state index contributed by atoms with van der Waals surface area (Å²) in [6.07, 6.45) is 3.39. The molecule has 4 rings (SSSR count). The number of amides is 2. The second-order valence-electron chi connectivity index (χ2n) is 6.29. The summed E-state index contributed by atoms with van der Waals surface area (Å²) in [5.74, 6) is 1.29. The van der Waals surface area contributed by atoms with Crippen LogP contribution in [0, 0.1) is 0 Å². The zero-order valence-corrected chi connectivity index (χ0v) is 16.4. The molecule has 9 nitrogen and oxygen atoms in total. The van der Waals surface area contributed by atoms with Crippen LogP contribution in [0.4, 0.5) is 25.0 Å². The van der Waals surface area contributed by atoms with Crippen molar-refractivity contribution in [3.8, 4) is 23.2 Å². The molecule has 2 aromatic carbocycles. The van der Waals surface area contributed by atoms with Crippen LogP contribution in [0.3, 0.4) is 0 Å². The van der Waals surface area contributed by atoms with Gasteiger partial charge >= 0.3 is 12.6 Å². The molecule has 0 atom stereocenters. The van der Waals surface area contributed by atoms with E-state index in [0.717, 1.165) is 0 Å². The number of nitrogens with one attached hydrogen (secondary N) is 2. The summed E-state index contributed by atoms with van der Waals surface area (Å²) in [6.45, 7) is -2.94. The molecule has 0 bridgehead atoms. The maximum absolute atomic E-state index is 12.3. The summed E-state index contributed by atoms with van der Waals surface area (Å²) in [7, 11) is 0. The highest BCUT2D eigenvalue weighted by atomic mass is 19.3. The molecule has 2 aromatic heterocycles. The van der Waals surface area contributed by atoms with Crippen molar-refractivity contribution in [3.05, 3.63) is 79.1 Å². The number of rotatable bonds is 7. The maximum atomic E-state index is 12.3. The summed E-state index contributed by atoms with van der Waals surface area (Å²) < 4.78 is 36.1. The largest absolute Gasteiger partial charge is 0.438 e. The van der Waals surface area contributed by atoms with E-state index in [0.29, 0.717) is 28.8 Å². The van der Waals surface area contributed by atoms with Crippen LogP contribution in [-0.4, -0.2) is 32.6 Å². The summed E-state index contributed by atoms with van der Waals surface area (Å²) >= 11 is 0. The number of carbonyl (C=O) groups excluding carboxylic acids is 1. The first-order valence-electron chi connectivity index (χ1n) is 9.30. The molecule has 0 radical (unpaired) electrons. The van der Waals surface area contributed by atoms with Crippen molar-refractivity contribution in [3.63, 3.8) is 0 Å². The van der Waals surface area contributed by atoms with Gasteiger partial charge in [0.2, 0.25) is 5.88 Å².